The van der Waals surface area contributed by atoms with Gasteiger partial charge >= 0.3 is 0 Å². The summed E-state index contributed by atoms with van der Waals surface area (Å²) in [4.78, 5) is 0. The van der Waals surface area contributed by atoms with Crippen LogP contribution >= 0.6 is 22.6 Å². The molecule has 1 nitrogen and oxygen atoms in total. The fourth-order valence-electron chi connectivity index (χ4n) is 0.819. The van der Waals surface area contributed by atoms with Crippen molar-refractivity contribution in [2.45, 2.75) is 0 Å². The van der Waals surface area contributed by atoms with E-state index >= 15 is 0 Å². The van der Waals surface area contributed by atoms with Crippen LogP contribution in [0.25, 0.3) is 0 Å². The van der Waals surface area contributed by atoms with Crippen molar-refractivity contribution in [3.05, 3.63) is 29.3 Å². The molecule has 0 aromatic heterocycles. The van der Waals surface area contributed by atoms with Crippen molar-refractivity contribution in [3.63, 3.8) is 0 Å². The van der Waals surface area contributed by atoms with Gasteiger partial charge in [0.05, 0.1) is 6.61 Å². The highest BCUT2D eigenvalue weighted by atomic mass is 127. The molecule has 0 spiro atoms. The molecule has 0 unspecified atom stereocenters. The number of benzene rings is 1. The molecule has 0 fully saturated rings. The van der Waals surface area contributed by atoms with Gasteiger partial charge in [-0.3, -0.25) is 0 Å². The Morgan fingerprint density at radius 2 is 1.57 bits per heavy atom. The van der Waals surface area contributed by atoms with Crippen molar-refractivity contribution in [2.75, 3.05) is 11.0 Å². The van der Waals surface area contributed by atoms with Crippen molar-refractivity contribution in [3.8, 4) is 5.75 Å². The van der Waals surface area contributed by atoms with Gasteiger partial charge in [-0.05, 0) is 0 Å². The summed E-state index contributed by atoms with van der Waals surface area (Å²) in [6, 6.07) is 0.140. The molecule has 0 saturated heterocycles. The van der Waals surface area contributed by atoms with E-state index < -0.39 is 29.0 Å². The molecular formula is C8H5F4IO. The second kappa shape index (κ2) is 4.81. The lowest BCUT2D eigenvalue weighted by molar-refractivity contribution is 0.291. The minimum Gasteiger partial charge on any atom is -0.487 e. The highest BCUT2D eigenvalue weighted by Gasteiger charge is 2.20. The largest absolute Gasteiger partial charge is 0.487 e. The Hall–Kier alpha value is -0.530. The molecule has 14 heavy (non-hydrogen) atoms. The van der Waals surface area contributed by atoms with Gasteiger partial charge in [0.15, 0.2) is 17.4 Å². The molecule has 0 aliphatic rings. The number of rotatable bonds is 3. The summed E-state index contributed by atoms with van der Waals surface area (Å²) < 4.78 is 55.9. The molecule has 0 aliphatic heterocycles. The van der Waals surface area contributed by atoms with Crippen molar-refractivity contribution < 1.29 is 22.3 Å². The SMILES string of the molecule is Fc1cc(F)c(F)c(OCCI)c1F. The van der Waals surface area contributed by atoms with Crippen LogP contribution in [-0.4, -0.2) is 11.0 Å². The third-order valence-corrected chi connectivity index (χ3v) is 1.84. The molecule has 78 valence electrons. The Bertz CT molecular complexity index is 316. The smallest absolute Gasteiger partial charge is 0.203 e. The van der Waals surface area contributed by atoms with Crippen LogP contribution in [-0.2, 0) is 0 Å². The van der Waals surface area contributed by atoms with Crippen LogP contribution in [0.4, 0.5) is 17.6 Å². The number of ether oxygens (including phenoxy) is 1. The Labute approximate surface area is 91.2 Å². The summed E-state index contributed by atoms with van der Waals surface area (Å²) in [5.74, 6) is -6.94. The first-order chi connectivity index (χ1) is 6.57. The van der Waals surface area contributed by atoms with Crippen LogP contribution in [0.5, 0.6) is 5.75 Å². The van der Waals surface area contributed by atoms with E-state index in [0.29, 0.717) is 4.43 Å². The number of alkyl halides is 1. The molecule has 0 saturated carbocycles. The summed E-state index contributed by atoms with van der Waals surface area (Å²) in [5.41, 5.74) is 0. The Morgan fingerprint density at radius 1 is 1.07 bits per heavy atom. The first-order valence-corrected chi connectivity index (χ1v) is 5.12. The van der Waals surface area contributed by atoms with Gasteiger partial charge in [-0.15, -0.1) is 0 Å². The summed E-state index contributed by atoms with van der Waals surface area (Å²) in [6.07, 6.45) is 0. The van der Waals surface area contributed by atoms with Crippen LogP contribution in [0.3, 0.4) is 0 Å². The summed E-state index contributed by atoms with van der Waals surface area (Å²) in [6.45, 7) is -0.0166. The highest BCUT2D eigenvalue weighted by Crippen LogP contribution is 2.26. The fourth-order valence-corrected chi connectivity index (χ4v) is 1.04. The Morgan fingerprint density at radius 3 is 2.00 bits per heavy atom. The van der Waals surface area contributed by atoms with E-state index in [1.807, 2.05) is 22.6 Å². The second-order valence-corrected chi connectivity index (χ2v) is 3.41. The van der Waals surface area contributed by atoms with Crippen LogP contribution < -0.4 is 4.74 Å². The minimum atomic E-state index is -1.51. The molecule has 0 atom stereocenters. The topological polar surface area (TPSA) is 9.23 Å². The maximum absolute atomic E-state index is 12.9. The lowest BCUT2D eigenvalue weighted by Gasteiger charge is -2.07. The van der Waals surface area contributed by atoms with Crippen molar-refractivity contribution in [1.29, 1.82) is 0 Å². The fraction of sp³-hybridized carbons (Fsp3) is 0.250. The van der Waals surface area contributed by atoms with Crippen LogP contribution in [0.1, 0.15) is 0 Å². The van der Waals surface area contributed by atoms with Gasteiger partial charge in [-0.25, -0.2) is 8.78 Å². The van der Waals surface area contributed by atoms with Crippen LogP contribution in [0, 0.1) is 23.3 Å². The molecule has 6 heteroatoms. The van der Waals surface area contributed by atoms with Gasteiger partial charge in [0.25, 0.3) is 0 Å². The quantitative estimate of drug-likeness (QED) is 0.360. The van der Waals surface area contributed by atoms with Gasteiger partial charge in [0.2, 0.25) is 11.6 Å². The third-order valence-electron chi connectivity index (χ3n) is 1.40. The zero-order chi connectivity index (χ0) is 10.7. The van der Waals surface area contributed by atoms with E-state index in [9.17, 15) is 17.6 Å². The maximum atomic E-state index is 12.9. The summed E-state index contributed by atoms with van der Waals surface area (Å²) >= 11 is 1.90. The minimum absolute atomic E-state index is 0.0166. The monoisotopic (exact) mass is 320 g/mol. The molecule has 0 aliphatic carbocycles. The zero-order valence-corrected chi connectivity index (χ0v) is 8.95. The lowest BCUT2D eigenvalue weighted by atomic mass is 10.3. The molecule has 0 N–H and O–H groups in total. The molecular weight excluding hydrogens is 315 g/mol. The first-order valence-electron chi connectivity index (χ1n) is 3.59. The Kier molecular flexibility index (Phi) is 3.97. The number of halogens is 5. The van der Waals surface area contributed by atoms with E-state index in [1.165, 1.54) is 0 Å². The van der Waals surface area contributed by atoms with Crippen molar-refractivity contribution in [2.24, 2.45) is 0 Å². The predicted octanol–water partition coefficient (Wildman–Crippen LogP) is 3.06. The van der Waals surface area contributed by atoms with Gasteiger partial charge in [0.1, 0.15) is 0 Å². The Balaban J connectivity index is 3.11. The zero-order valence-electron chi connectivity index (χ0n) is 6.79. The highest BCUT2D eigenvalue weighted by molar-refractivity contribution is 14.1. The van der Waals surface area contributed by atoms with E-state index in [4.69, 9.17) is 0 Å². The summed E-state index contributed by atoms with van der Waals surface area (Å²) in [7, 11) is 0. The molecule has 0 radical (unpaired) electrons. The lowest BCUT2D eigenvalue weighted by Crippen LogP contribution is -2.05. The standard InChI is InChI=1S/C8H5F4IO/c9-4-3-5(10)7(12)8(6(4)11)14-2-1-13/h3H,1-2H2. The van der Waals surface area contributed by atoms with E-state index in [1.54, 1.807) is 0 Å². The molecule has 1 aromatic rings. The predicted molar refractivity (Wildman–Crippen MR) is 50.7 cm³/mol. The molecule has 1 aromatic carbocycles. The van der Waals surface area contributed by atoms with E-state index in [0.717, 1.165) is 0 Å². The van der Waals surface area contributed by atoms with E-state index in [2.05, 4.69) is 4.74 Å². The second-order valence-electron chi connectivity index (χ2n) is 2.33. The normalized spacial score (nSPS) is 10.4. The van der Waals surface area contributed by atoms with E-state index in [-0.39, 0.29) is 12.7 Å². The van der Waals surface area contributed by atoms with Gasteiger partial charge < -0.3 is 4.74 Å². The number of hydrogen-bond donors (Lipinski definition) is 0. The molecule has 0 amide bonds. The van der Waals surface area contributed by atoms with Crippen molar-refractivity contribution in [1.82, 2.24) is 0 Å². The third kappa shape index (κ3) is 2.28. The van der Waals surface area contributed by atoms with Gasteiger partial charge in [-0.2, -0.15) is 8.78 Å². The first kappa shape index (κ1) is 11.5. The maximum Gasteiger partial charge on any atom is 0.203 e. The molecule has 0 bridgehead atoms. The average molecular weight is 320 g/mol. The molecule has 0 heterocycles. The summed E-state index contributed by atoms with van der Waals surface area (Å²) in [5, 5.41) is 0. The molecule has 1 rings (SSSR count). The van der Waals surface area contributed by atoms with Crippen LogP contribution in [0.15, 0.2) is 6.07 Å². The van der Waals surface area contributed by atoms with Crippen molar-refractivity contribution >= 4 is 22.6 Å². The van der Waals surface area contributed by atoms with Gasteiger partial charge in [-0.1, -0.05) is 22.6 Å². The van der Waals surface area contributed by atoms with Crippen LogP contribution in [0.2, 0.25) is 0 Å². The van der Waals surface area contributed by atoms with Gasteiger partial charge in [0, 0.05) is 10.5 Å². The average Bonchev–Trinajstić information content (AvgIpc) is 2.15. The number of hydrogen-bond acceptors (Lipinski definition) is 1.